The molecule has 0 aliphatic carbocycles. The van der Waals surface area contributed by atoms with Crippen LogP contribution in [0.25, 0.3) is 0 Å². The van der Waals surface area contributed by atoms with Crippen LogP contribution in [0.3, 0.4) is 0 Å². The number of carbonyl (C=O) groups excluding carboxylic acids is 1. The van der Waals surface area contributed by atoms with Gasteiger partial charge in [-0.25, -0.2) is 0 Å². The standard InChI is InChI=1S/C15H13F2NO2/c1-9-7-11(5-6-13(9)18)14(19)10-3-2-4-12(8-10)20-15(16)17/h2-8,15H,18H2,1H3. The number of hydrogen-bond donors (Lipinski definition) is 1. The van der Waals surface area contributed by atoms with Crippen molar-refractivity contribution in [3.05, 3.63) is 59.2 Å². The Morgan fingerprint density at radius 2 is 1.85 bits per heavy atom. The molecule has 2 rings (SSSR count). The predicted octanol–water partition coefficient (Wildman–Crippen LogP) is 3.41. The van der Waals surface area contributed by atoms with E-state index in [2.05, 4.69) is 4.74 Å². The Morgan fingerprint density at radius 1 is 1.15 bits per heavy atom. The molecule has 2 aromatic rings. The zero-order valence-electron chi connectivity index (χ0n) is 10.8. The quantitative estimate of drug-likeness (QED) is 0.688. The minimum atomic E-state index is -2.92. The van der Waals surface area contributed by atoms with Gasteiger partial charge in [-0.1, -0.05) is 12.1 Å². The van der Waals surface area contributed by atoms with Gasteiger partial charge in [-0.3, -0.25) is 4.79 Å². The number of ketones is 1. The van der Waals surface area contributed by atoms with E-state index in [1.165, 1.54) is 18.2 Å². The first-order valence-electron chi connectivity index (χ1n) is 5.93. The van der Waals surface area contributed by atoms with Crippen LogP contribution in [-0.4, -0.2) is 12.4 Å². The number of halogens is 2. The number of ether oxygens (including phenoxy) is 1. The zero-order valence-corrected chi connectivity index (χ0v) is 10.8. The van der Waals surface area contributed by atoms with Crippen LogP contribution >= 0.6 is 0 Å². The van der Waals surface area contributed by atoms with E-state index in [4.69, 9.17) is 5.73 Å². The van der Waals surface area contributed by atoms with Gasteiger partial charge in [-0.15, -0.1) is 0 Å². The van der Waals surface area contributed by atoms with Crippen LogP contribution in [0.1, 0.15) is 21.5 Å². The molecule has 0 unspecified atom stereocenters. The van der Waals surface area contributed by atoms with Crippen molar-refractivity contribution >= 4 is 11.5 Å². The third kappa shape index (κ3) is 3.12. The normalized spacial score (nSPS) is 10.6. The molecule has 0 radical (unpaired) electrons. The lowest BCUT2D eigenvalue weighted by molar-refractivity contribution is -0.0498. The van der Waals surface area contributed by atoms with Gasteiger partial charge < -0.3 is 10.5 Å². The predicted molar refractivity (Wildman–Crippen MR) is 72.1 cm³/mol. The van der Waals surface area contributed by atoms with Crippen molar-refractivity contribution in [1.29, 1.82) is 0 Å². The number of aryl methyl sites for hydroxylation is 1. The van der Waals surface area contributed by atoms with Gasteiger partial charge in [0.15, 0.2) is 5.78 Å². The lowest BCUT2D eigenvalue weighted by Gasteiger charge is -2.07. The molecule has 3 nitrogen and oxygen atoms in total. The van der Waals surface area contributed by atoms with Gasteiger partial charge in [-0.05, 0) is 42.8 Å². The number of hydrogen-bond acceptors (Lipinski definition) is 3. The van der Waals surface area contributed by atoms with Crippen molar-refractivity contribution < 1.29 is 18.3 Å². The lowest BCUT2D eigenvalue weighted by atomic mass is 10.0. The molecule has 2 N–H and O–H groups in total. The highest BCUT2D eigenvalue weighted by atomic mass is 19.3. The summed E-state index contributed by atoms with van der Waals surface area (Å²) in [5, 5.41) is 0. The van der Waals surface area contributed by atoms with E-state index in [1.807, 2.05) is 0 Å². The summed E-state index contributed by atoms with van der Waals surface area (Å²) in [6.45, 7) is -1.12. The average Bonchev–Trinajstić information content (AvgIpc) is 2.40. The highest BCUT2D eigenvalue weighted by Gasteiger charge is 2.12. The van der Waals surface area contributed by atoms with Gasteiger partial charge in [0.05, 0.1) is 0 Å². The third-order valence-electron chi connectivity index (χ3n) is 2.85. The van der Waals surface area contributed by atoms with Crippen LogP contribution in [0.4, 0.5) is 14.5 Å². The van der Waals surface area contributed by atoms with Crippen LogP contribution < -0.4 is 10.5 Å². The third-order valence-corrected chi connectivity index (χ3v) is 2.85. The molecular weight excluding hydrogens is 264 g/mol. The van der Waals surface area contributed by atoms with Crippen LogP contribution in [-0.2, 0) is 0 Å². The van der Waals surface area contributed by atoms with Crippen molar-refractivity contribution in [3.63, 3.8) is 0 Å². The van der Waals surface area contributed by atoms with E-state index < -0.39 is 6.61 Å². The van der Waals surface area contributed by atoms with E-state index in [1.54, 1.807) is 31.2 Å². The first-order valence-corrected chi connectivity index (χ1v) is 5.93. The summed E-state index contributed by atoms with van der Waals surface area (Å²) in [5.74, 6) is -0.314. The molecule has 2 aromatic carbocycles. The molecule has 0 fully saturated rings. The number of nitrogens with two attached hydrogens (primary N) is 1. The molecule has 0 aliphatic rings. The van der Waals surface area contributed by atoms with Crippen molar-refractivity contribution in [1.82, 2.24) is 0 Å². The fourth-order valence-electron chi connectivity index (χ4n) is 1.80. The Hall–Kier alpha value is -2.43. The van der Waals surface area contributed by atoms with Gasteiger partial charge in [0.1, 0.15) is 5.75 Å². The molecule has 0 spiro atoms. The summed E-state index contributed by atoms with van der Waals surface area (Å²) in [6, 6.07) is 10.6. The number of anilines is 1. The summed E-state index contributed by atoms with van der Waals surface area (Å²) in [6.07, 6.45) is 0. The fourth-order valence-corrected chi connectivity index (χ4v) is 1.80. The Kier molecular flexibility index (Phi) is 3.98. The highest BCUT2D eigenvalue weighted by Crippen LogP contribution is 2.20. The maximum Gasteiger partial charge on any atom is 0.387 e. The number of benzene rings is 2. The van der Waals surface area contributed by atoms with Gasteiger partial charge in [0.25, 0.3) is 0 Å². The van der Waals surface area contributed by atoms with Gasteiger partial charge >= 0.3 is 6.61 Å². The molecule has 0 aliphatic heterocycles. The molecule has 0 heterocycles. The average molecular weight is 277 g/mol. The Labute approximate surface area is 115 Å². The highest BCUT2D eigenvalue weighted by molar-refractivity contribution is 6.09. The molecule has 5 heteroatoms. The molecule has 0 atom stereocenters. The van der Waals surface area contributed by atoms with Crippen molar-refractivity contribution in [2.45, 2.75) is 13.5 Å². The van der Waals surface area contributed by atoms with Gasteiger partial charge in [-0.2, -0.15) is 8.78 Å². The van der Waals surface area contributed by atoms with Crippen LogP contribution in [0, 0.1) is 6.92 Å². The second-order valence-electron chi connectivity index (χ2n) is 4.31. The second-order valence-corrected chi connectivity index (χ2v) is 4.31. The number of carbonyl (C=O) groups is 1. The van der Waals surface area contributed by atoms with Crippen LogP contribution in [0.2, 0.25) is 0 Å². The molecule has 0 saturated carbocycles. The maximum absolute atomic E-state index is 12.3. The molecule has 0 saturated heterocycles. The number of rotatable bonds is 4. The monoisotopic (exact) mass is 277 g/mol. The van der Waals surface area contributed by atoms with Crippen LogP contribution in [0.15, 0.2) is 42.5 Å². The van der Waals surface area contributed by atoms with Gasteiger partial charge in [0, 0.05) is 16.8 Å². The molecule has 0 bridgehead atoms. The Morgan fingerprint density at radius 3 is 2.50 bits per heavy atom. The molecule has 104 valence electrons. The van der Waals surface area contributed by atoms with E-state index in [0.717, 1.165) is 5.56 Å². The summed E-state index contributed by atoms with van der Waals surface area (Å²) in [4.78, 5) is 12.3. The fraction of sp³-hybridized carbons (Fsp3) is 0.133. The van der Waals surface area contributed by atoms with Crippen LogP contribution in [0.5, 0.6) is 5.75 Å². The van der Waals surface area contributed by atoms with Crippen molar-refractivity contribution in [2.75, 3.05) is 5.73 Å². The Bertz CT molecular complexity index is 642. The smallest absolute Gasteiger partial charge is 0.387 e. The SMILES string of the molecule is Cc1cc(C(=O)c2cccc(OC(F)F)c2)ccc1N. The largest absolute Gasteiger partial charge is 0.435 e. The summed E-state index contributed by atoms with van der Waals surface area (Å²) in [5.41, 5.74) is 7.81. The van der Waals surface area contributed by atoms with Gasteiger partial charge in [0.2, 0.25) is 0 Å². The second kappa shape index (κ2) is 5.69. The van der Waals surface area contributed by atoms with Crippen molar-refractivity contribution in [2.24, 2.45) is 0 Å². The van der Waals surface area contributed by atoms with E-state index in [-0.39, 0.29) is 17.1 Å². The van der Waals surface area contributed by atoms with E-state index in [9.17, 15) is 13.6 Å². The molecule has 0 amide bonds. The summed E-state index contributed by atoms with van der Waals surface area (Å²) < 4.78 is 28.6. The topological polar surface area (TPSA) is 52.3 Å². The lowest BCUT2D eigenvalue weighted by Crippen LogP contribution is -2.05. The summed E-state index contributed by atoms with van der Waals surface area (Å²) >= 11 is 0. The maximum atomic E-state index is 12.3. The minimum absolute atomic E-state index is 0.0435. The first-order chi connectivity index (χ1) is 9.47. The van der Waals surface area contributed by atoms with E-state index in [0.29, 0.717) is 11.3 Å². The number of nitrogen functional groups attached to an aromatic ring is 1. The minimum Gasteiger partial charge on any atom is -0.435 e. The zero-order chi connectivity index (χ0) is 14.7. The number of alkyl halides is 2. The van der Waals surface area contributed by atoms with Crippen molar-refractivity contribution in [3.8, 4) is 5.75 Å². The molecular formula is C15H13F2NO2. The Balaban J connectivity index is 2.30. The first kappa shape index (κ1) is 14.0. The molecule has 20 heavy (non-hydrogen) atoms. The van der Waals surface area contributed by atoms with E-state index >= 15 is 0 Å². The molecule has 0 aromatic heterocycles. The summed E-state index contributed by atoms with van der Waals surface area (Å²) in [7, 11) is 0.